The molecule has 1 amide bonds. The number of fused-ring (bicyclic) bond motifs is 6. The number of Topliss-reactive ketones (excluding diaryl/α,β-unsaturated/α-hetero) is 2. The first-order valence-corrected chi connectivity index (χ1v) is 17.5. The highest BCUT2D eigenvalue weighted by Crippen LogP contribution is 2.44. The molecule has 50 heavy (non-hydrogen) atoms. The zero-order chi connectivity index (χ0) is 34.7. The van der Waals surface area contributed by atoms with Gasteiger partial charge in [-0.1, -0.05) is 61.0 Å². The van der Waals surface area contributed by atoms with E-state index in [0.717, 1.165) is 32.7 Å². The molecule has 0 spiro atoms. The molecular formula is C38H31ClN6O4S. The van der Waals surface area contributed by atoms with Crippen molar-refractivity contribution < 1.29 is 19.1 Å². The number of anilines is 3. The summed E-state index contributed by atoms with van der Waals surface area (Å²) in [5.41, 5.74) is 4.25. The highest BCUT2D eigenvalue weighted by molar-refractivity contribution is 7.14. The number of carbonyl (C=O) groups excluding carboxylic acids is 3. The van der Waals surface area contributed by atoms with Crippen LogP contribution in [0.4, 0.5) is 16.6 Å². The Balaban J connectivity index is 1.09. The zero-order valence-corrected chi connectivity index (χ0v) is 29.0. The van der Waals surface area contributed by atoms with Gasteiger partial charge in [0.2, 0.25) is 5.91 Å². The van der Waals surface area contributed by atoms with Crippen molar-refractivity contribution in [3.8, 4) is 28.1 Å². The molecule has 12 heteroatoms. The number of amides is 1. The van der Waals surface area contributed by atoms with Gasteiger partial charge in [-0.3, -0.25) is 14.4 Å². The van der Waals surface area contributed by atoms with Crippen molar-refractivity contribution in [1.29, 1.82) is 0 Å². The first-order valence-electron chi connectivity index (χ1n) is 16.2. The first kappa shape index (κ1) is 31.9. The number of ketones is 2. The number of nitrogens with zero attached hydrogens (tertiary/aromatic N) is 5. The summed E-state index contributed by atoms with van der Waals surface area (Å²) in [5.74, 6) is 0.364. The second kappa shape index (κ2) is 12.2. The van der Waals surface area contributed by atoms with Crippen LogP contribution in [0.25, 0.3) is 34.5 Å². The predicted molar refractivity (Wildman–Crippen MR) is 195 cm³/mol. The van der Waals surface area contributed by atoms with Gasteiger partial charge in [-0.2, -0.15) is 0 Å². The second-order valence-corrected chi connectivity index (χ2v) is 13.9. The summed E-state index contributed by atoms with van der Waals surface area (Å²) in [6, 6.07) is 17.0. The van der Waals surface area contributed by atoms with Crippen LogP contribution in [0.5, 0.6) is 5.75 Å². The third-order valence-corrected chi connectivity index (χ3v) is 10.7. The van der Waals surface area contributed by atoms with Gasteiger partial charge in [-0.25, -0.2) is 15.0 Å². The maximum Gasteiger partial charge on any atom is 0.245 e. The summed E-state index contributed by atoms with van der Waals surface area (Å²) in [6.07, 6.45) is 6.75. The fourth-order valence-corrected chi connectivity index (χ4v) is 8.20. The van der Waals surface area contributed by atoms with E-state index >= 15 is 0 Å². The monoisotopic (exact) mass is 702 g/mol. The van der Waals surface area contributed by atoms with E-state index in [0.29, 0.717) is 45.3 Å². The first-order chi connectivity index (χ1) is 24.2. The van der Waals surface area contributed by atoms with E-state index in [1.165, 1.54) is 17.7 Å². The third kappa shape index (κ3) is 5.07. The van der Waals surface area contributed by atoms with Crippen molar-refractivity contribution in [2.24, 2.45) is 5.92 Å². The minimum atomic E-state index is -1.15. The lowest BCUT2D eigenvalue weighted by molar-refractivity contribution is -0.126. The van der Waals surface area contributed by atoms with Gasteiger partial charge in [0.05, 0.1) is 36.7 Å². The van der Waals surface area contributed by atoms with Crippen molar-refractivity contribution in [2.45, 2.75) is 26.3 Å². The molecule has 1 N–H and O–H groups in total. The molecule has 3 aliphatic rings. The van der Waals surface area contributed by atoms with Gasteiger partial charge in [-0.15, -0.1) is 11.3 Å². The Morgan fingerprint density at radius 1 is 1.10 bits per heavy atom. The lowest BCUT2D eigenvalue weighted by Gasteiger charge is -2.42. The summed E-state index contributed by atoms with van der Waals surface area (Å²) >= 11 is 7.70. The lowest BCUT2D eigenvalue weighted by atomic mass is 9.73. The molecule has 0 bridgehead atoms. The van der Waals surface area contributed by atoms with Crippen LogP contribution in [-0.2, 0) is 15.1 Å². The predicted octanol–water partition coefficient (Wildman–Crippen LogP) is 5.43. The highest BCUT2D eigenvalue weighted by Gasteiger charge is 2.50. The molecule has 0 radical (unpaired) electrons. The highest BCUT2D eigenvalue weighted by atomic mass is 35.5. The van der Waals surface area contributed by atoms with Crippen LogP contribution in [0.15, 0.2) is 72.5 Å². The Hall–Kier alpha value is -5.39. The van der Waals surface area contributed by atoms with Crippen molar-refractivity contribution >= 4 is 69.2 Å². The van der Waals surface area contributed by atoms with Crippen molar-refractivity contribution in [2.75, 3.05) is 34.9 Å². The Bertz CT molecular complexity index is 2380. The number of halogens is 1. The zero-order valence-electron chi connectivity index (χ0n) is 27.4. The third-order valence-electron chi connectivity index (χ3n) is 9.61. The quantitative estimate of drug-likeness (QED) is 0.237. The van der Waals surface area contributed by atoms with E-state index in [-0.39, 0.29) is 30.7 Å². The van der Waals surface area contributed by atoms with Gasteiger partial charge in [0, 0.05) is 22.4 Å². The number of rotatable bonds is 7. The van der Waals surface area contributed by atoms with Crippen molar-refractivity contribution in [3.63, 3.8) is 0 Å². The van der Waals surface area contributed by atoms with Crippen LogP contribution >= 0.6 is 22.9 Å². The van der Waals surface area contributed by atoms with E-state index < -0.39 is 11.5 Å². The van der Waals surface area contributed by atoms with Gasteiger partial charge >= 0.3 is 0 Å². The molecule has 2 unspecified atom stereocenters. The molecule has 2 atom stereocenters. The Kier molecular flexibility index (Phi) is 7.76. The molecule has 0 saturated carbocycles. The molecule has 10 nitrogen and oxygen atoms in total. The van der Waals surface area contributed by atoms with Crippen molar-refractivity contribution in [3.05, 3.63) is 99.1 Å². The average molecular weight is 703 g/mol. The molecule has 2 aliphatic carbocycles. The Morgan fingerprint density at radius 3 is 2.72 bits per heavy atom. The number of carbonyl (C=O) groups is 3. The van der Waals surface area contributed by atoms with E-state index in [9.17, 15) is 14.4 Å². The van der Waals surface area contributed by atoms with E-state index in [2.05, 4.69) is 20.3 Å². The van der Waals surface area contributed by atoms with Crippen LogP contribution in [0.3, 0.4) is 0 Å². The Morgan fingerprint density at radius 2 is 1.92 bits per heavy atom. The summed E-state index contributed by atoms with van der Waals surface area (Å²) in [7, 11) is 0. The summed E-state index contributed by atoms with van der Waals surface area (Å²) < 4.78 is 5.53. The normalized spacial score (nSPS) is 18.8. The molecular weight excluding hydrogens is 672 g/mol. The van der Waals surface area contributed by atoms with Gasteiger partial charge in [-0.05, 0) is 65.3 Å². The smallest absolute Gasteiger partial charge is 0.245 e. The molecule has 2 aromatic heterocycles. The summed E-state index contributed by atoms with van der Waals surface area (Å²) in [4.78, 5) is 58.3. The van der Waals surface area contributed by atoms with E-state index in [1.54, 1.807) is 24.4 Å². The topological polar surface area (TPSA) is 118 Å². The average Bonchev–Trinajstić information content (AvgIpc) is 3.73. The maximum atomic E-state index is 14.3. The summed E-state index contributed by atoms with van der Waals surface area (Å²) in [5, 5.41) is 7.38. The van der Waals surface area contributed by atoms with Crippen LogP contribution < -0.4 is 30.3 Å². The number of benzene rings is 3. The number of thiazole rings is 1. The lowest BCUT2D eigenvalue weighted by Crippen LogP contribution is -2.59. The standard InChI is InChI=1S/C38H31ClN6O4S/c1-4-49-33-12-9-22(14-29(33)39)30-18-50-37(42-30)43-34(47)17-44-20-45(36-31(44)16-40-19-41-36)38(3)28-11-10-24-23-7-5-6-8-25(23)32(46)15-26(24)27(28)13-21(2)35(38)48/h5-16,18-19,21H,4,17,20H2,1-3H3,(H,42,43,47). The van der Waals surface area contributed by atoms with E-state index in [4.69, 9.17) is 16.3 Å². The van der Waals surface area contributed by atoms with E-state index in [1.807, 2.05) is 84.5 Å². The van der Waals surface area contributed by atoms with Crippen LogP contribution in [0.2, 0.25) is 5.02 Å². The molecule has 5 aromatic rings. The Labute approximate surface area is 296 Å². The molecule has 0 fully saturated rings. The largest absolute Gasteiger partial charge is 0.492 e. The van der Waals surface area contributed by atoms with Gasteiger partial charge in [0.1, 0.15) is 23.3 Å². The van der Waals surface area contributed by atoms with Crippen molar-refractivity contribution in [1.82, 2.24) is 15.0 Å². The molecule has 250 valence electrons. The van der Waals surface area contributed by atoms with Crippen LogP contribution in [-0.4, -0.2) is 52.2 Å². The number of aromatic nitrogens is 3. The number of ether oxygens (including phenoxy) is 1. The maximum absolute atomic E-state index is 14.3. The molecule has 0 saturated heterocycles. The van der Waals surface area contributed by atoms with Gasteiger partial charge in [0.25, 0.3) is 0 Å². The van der Waals surface area contributed by atoms with Gasteiger partial charge < -0.3 is 19.9 Å². The minimum absolute atomic E-state index is 0.00643. The minimum Gasteiger partial charge on any atom is -0.492 e. The fourth-order valence-electron chi connectivity index (χ4n) is 7.23. The summed E-state index contributed by atoms with van der Waals surface area (Å²) in [6.45, 7) is 6.38. The second-order valence-electron chi connectivity index (χ2n) is 12.6. The fraction of sp³-hybridized carbons (Fsp3) is 0.211. The molecule has 3 heterocycles. The van der Waals surface area contributed by atoms with Gasteiger partial charge in [0.15, 0.2) is 22.5 Å². The molecule has 8 rings (SSSR count). The molecule has 1 aliphatic heterocycles. The SMILES string of the molecule is CCOc1ccc(-c2csc(NC(=O)CN3CN(C4(C)C(=O)C(C)C=c5c4ccc4c5=CC(=O)c5ccccc5-4)c4ncncc43)n2)cc1Cl. The number of hydrogen-bond acceptors (Lipinski definition) is 10. The van der Waals surface area contributed by atoms with Crippen LogP contribution in [0, 0.1) is 5.92 Å². The number of hydrogen-bond donors (Lipinski definition) is 1. The van der Waals surface area contributed by atoms with Crippen LogP contribution in [0.1, 0.15) is 36.7 Å². The molecule has 3 aromatic carbocycles. The number of nitrogens with one attached hydrogen (secondary N) is 1.